The van der Waals surface area contributed by atoms with E-state index in [9.17, 15) is 9.18 Å². The van der Waals surface area contributed by atoms with Crippen LogP contribution in [-0.2, 0) is 16.0 Å². The Balaban J connectivity index is 0. The minimum absolute atomic E-state index is 0.201. The third-order valence-corrected chi connectivity index (χ3v) is 2.40. The average molecular weight is 328 g/mol. The highest BCUT2D eigenvalue weighted by atomic mass is 19.1. The number of aromatic amines is 1. The van der Waals surface area contributed by atoms with Crippen molar-refractivity contribution in [2.24, 2.45) is 5.73 Å². The van der Waals surface area contributed by atoms with Crippen LogP contribution < -0.4 is 10.6 Å². The standard InChI is InChI=1S/C9H14N4O2.2C3H6.CH3F/c10-9(14)5-7-8(6-11-12-7)13-1-3-15-4-2-13;2*1-3-2;1-2/h6H,1-5H2,(H2,10,14)(H,11,12);2*3H,1H2,2H3;1H3. The van der Waals surface area contributed by atoms with Gasteiger partial charge in [0.05, 0.1) is 44.4 Å². The van der Waals surface area contributed by atoms with E-state index in [0.717, 1.165) is 24.5 Å². The molecule has 0 atom stereocenters. The van der Waals surface area contributed by atoms with Gasteiger partial charge in [0.2, 0.25) is 5.91 Å². The summed E-state index contributed by atoms with van der Waals surface area (Å²) in [5.41, 5.74) is 6.89. The lowest BCUT2D eigenvalue weighted by Crippen LogP contribution is -2.36. The number of alkyl halides is 1. The van der Waals surface area contributed by atoms with Crippen LogP contribution in [0.25, 0.3) is 0 Å². The number of nitrogens with zero attached hydrogens (tertiary/aromatic N) is 2. The van der Waals surface area contributed by atoms with Crippen molar-refractivity contribution in [3.05, 3.63) is 37.2 Å². The highest BCUT2D eigenvalue weighted by Gasteiger charge is 2.17. The molecule has 23 heavy (non-hydrogen) atoms. The summed E-state index contributed by atoms with van der Waals surface area (Å²) in [4.78, 5) is 13.0. The van der Waals surface area contributed by atoms with E-state index in [1.165, 1.54) is 0 Å². The maximum absolute atomic E-state index is 10.8. The number of H-pyrrole nitrogens is 1. The van der Waals surface area contributed by atoms with Gasteiger partial charge in [-0.25, -0.2) is 0 Å². The number of allylic oxidation sites excluding steroid dienone is 2. The minimum atomic E-state index is -0.353. The molecule has 2 rings (SSSR count). The fourth-order valence-corrected chi connectivity index (χ4v) is 1.69. The summed E-state index contributed by atoms with van der Waals surface area (Å²) >= 11 is 0. The third kappa shape index (κ3) is 11.1. The van der Waals surface area contributed by atoms with Crippen LogP contribution in [0.5, 0.6) is 0 Å². The van der Waals surface area contributed by atoms with Gasteiger partial charge in [0.15, 0.2) is 0 Å². The Hall–Kier alpha value is -2.15. The molecule has 7 heteroatoms. The van der Waals surface area contributed by atoms with Gasteiger partial charge in [-0.2, -0.15) is 5.10 Å². The molecular weight excluding hydrogens is 299 g/mol. The zero-order chi connectivity index (χ0) is 18.1. The number of amides is 1. The van der Waals surface area contributed by atoms with E-state index in [0.29, 0.717) is 20.4 Å². The SMILES string of the molecule is C=CC.C=CC.CF.NC(=O)Cc1[nH]ncc1N1CCOCC1. The predicted octanol–water partition coefficient (Wildman–Crippen LogP) is 2.24. The van der Waals surface area contributed by atoms with E-state index in [1.54, 1.807) is 18.3 Å². The Morgan fingerprint density at radius 2 is 1.87 bits per heavy atom. The fraction of sp³-hybridized carbons (Fsp3) is 0.500. The molecule has 0 radical (unpaired) electrons. The van der Waals surface area contributed by atoms with Crippen LogP contribution in [0, 0.1) is 0 Å². The van der Waals surface area contributed by atoms with Gasteiger partial charge in [0, 0.05) is 13.1 Å². The van der Waals surface area contributed by atoms with E-state index < -0.39 is 0 Å². The third-order valence-electron chi connectivity index (χ3n) is 2.40. The van der Waals surface area contributed by atoms with E-state index in [-0.39, 0.29) is 12.3 Å². The first-order chi connectivity index (χ1) is 11.1. The number of hydrogen-bond donors (Lipinski definition) is 2. The van der Waals surface area contributed by atoms with Gasteiger partial charge in [-0.3, -0.25) is 14.3 Å². The van der Waals surface area contributed by atoms with Gasteiger partial charge in [-0.1, -0.05) is 12.2 Å². The zero-order valence-electron chi connectivity index (χ0n) is 14.3. The van der Waals surface area contributed by atoms with Crippen LogP contribution in [0.2, 0.25) is 0 Å². The molecule has 2 heterocycles. The number of anilines is 1. The van der Waals surface area contributed by atoms with Crippen molar-refractivity contribution in [3.63, 3.8) is 0 Å². The van der Waals surface area contributed by atoms with Gasteiger partial charge in [-0.15, -0.1) is 13.2 Å². The quantitative estimate of drug-likeness (QED) is 0.834. The molecule has 0 saturated carbocycles. The highest BCUT2D eigenvalue weighted by Crippen LogP contribution is 2.19. The molecule has 1 saturated heterocycles. The predicted molar refractivity (Wildman–Crippen MR) is 93.3 cm³/mol. The second-order valence-electron chi connectivity index (χ2n) is 4.29. The van der Waals surface area contributed by atoms with Crippen LogP contribution in [-0.4, -0.2) is 49.6 Å². The molecule has 1 aliphatic rings. The average Bonchev–Trinajstić information content (AvgIpc) is 2.99. The Labute approximate surface area is 138 Å². The molecule has 0 unspecified atom stereocenters. The van der Waals surface area contributed by atoms with Crippen LogP contribution in [0.15, 0.2) is 31.5 Å². The lowest BCUT2D eigenvalue weighted by atomic mass is 10.2. The topological polar surface area (TPSA) is 84.2 Å². The van der Waals surface area contributed by atoms with Crippen LogP contribution in [0.1, 0.15) is 19.5 Å². The summed E-state index contributed by atoms with van der Waals surface area (Å²) in [6.45, 7) is 13.6. The maximum Gasteiger partial charge on any atom is 0.223 e. The van der Waals surface area contributed by atoms with Gasteiger partial charge in [0.25, 0.3) is 0 Å². The lowest BCUT2D eigenvalue weighted by molar-refractivity contribution is -0.117. The number of rotatable bonds is 3. The van der Waals surface area contributed by atoms with Crippen molar-refractivity contribution in [2.45, 2.75) is 20.3 Å². The van der Waals surface area contributed by atoms with Gasteiger partial charge < -0.3 is 15.4 Å². The van der Waals surface area contributed by atoms with Gasteiger partial charge >= 0.3 is 0 Å². The zero-order valence-corrected chi connectivity index (χ0v) is 14.3. The summed E-state index contributed by atoms with van der Waals surface area (Å²) in [6, 6.07) is 0. The number of aromatic nitrogens is 2. The van der Waals surface area contributed by atoms with E-state index in [2.05, 4.69) is 28.3 Å². The summed E-state index contributed by atoms with van der Waals surface area (Å²) in [6.07, 6.45) is 5.43. The number of nitrogens with two attached hydrogens (primary N) is 1. The van der Waals surface area contributed by atoms with E-state index in [1.807, 2.05) is 13.8 Å². The largest absolute Gasteiger partial charge is 0.378 e. The van der Waals surface area contributed by atoms with Crippen LogP contribution in [0.3, 0.4) is 0 Å². The first-order valence-electron chi connectivity index (χ1n) is 7.25. The number of morpholine rings is 1. The van der Waals surface area contributed by atoms with Gasteiger partial charge in [-0.05, 0) is 13.8 Å². The molecule has 1 aromatic heterocycles. The number of hydrogen-bond acceptors (Lipinski definition) is 4. The Kier molecular flexibility index (Phi) is 16.3. The second-order valence-corrected chi connectivity index (χ2v) is 4.29. The second kappa shape index (κ2) is 16.2. The lowest BCUT2D eigenvalue weighted by Gasteiger charge is -2.28. The highest BCUT2D eigenvalue weighted by molar-refractivity contribution is 5.78. The number of primary amides is 1. The molecule has 0 spiro atoms. The summed E-state index contributed by atoms with van der Waals surface area (Å²) in [7, 11) is 0.500. The Bertz CT molecular complexity index is 423. The summed E-state index contributed by atoms with van der Waals surface area (Å²) < 4.78 is 14.8. The van der Waals surface area contributed by atoms with E-state index >= 15 is 0 Å². The van der Waals surface area contributed by atoms with Crippen molar-refractivity contribution in [1.82, 2.24) is 10.2 Å². The van der Waals surface area contributed by atoms with Crippen molar-refractivity contribution >= 4 is 11.6 Å². The van der Waals surface area contributed by atoms with Gasteiger partial charge in [0.1, 0.15) is 0 Å². The van der Waals surface area contributed by atoms with Crippen molar-refractivity contribution < 1.29 is 13.9 Å². The molecule has 6 nitrogen and oxygen atoms in total. The van der Waals surface area contributed by atoms with Crippen LogP contribution in [0.4, 0.5) is 10.1 Å². The molecule has 1 fully saturated rings. The number of carbonyl (C=O) groups excluding carboxylic acids is 1. The summed E-state index contributed by atoms with van der Waals surface area (Å²) in [5, 5.41) is 6.74. The molecule has 132 valence electrons. The molecule has 1 aromatic rings. The first-order valence-corrected chi connectivity index (χ1v) is 7.25. The molecule has 0 bridgehead atoms. The Morgan fingerprint density at radius 1 is 1.39 bits per heavy atom. The fourth-order valence-electron chi connectivity index (χ4n) is 1.69. The molecule has 0 aliphatic carbocycles. The number of carbonyl (C=O) groups is 1. The van der Waals surface area contributed by atoms with E-state index in [4.69, 9.17) is 10.5 Å². The van der Waals surface area contributed by atoms with Crippen LogP contribution >= 0.6 is 0 Å². The maximum atomic E-state index is 10.8. The summed E-state index contributed by atoms with van der Waals surface area (Å²) in [5.74, 6) is -0.353. The molecular formula is C16H29FN4O2. The smallest absolute Gasteiger partial charge is 0.223 e. The first kappa shape index (κ1) is 23.1. The number of nitrogens with one attached hydrogen (secondary N) is 1. The van der Waals surface area contributed by atoms with Crippen molar-refractivity contribution in [2.75, 3.05) is 38.4 Å². The monoisotopic (exact) mass is 328 g/mol. The normalized spacial score (nSPS) is 12.3. The molecule has 3 N–H and O–H groups in total. The molecule has 0 aromatic carbocycles. The molecule has 1 aliphatic heterocycles. The van der Waals surface area contributed by atoms with Crippen molar-refractivity contribution in [3.8, 4) is 0 Å². The Morgan fingerprint density at radius 3 is 2.30 bits per heavy atom. The van der Waals surface area contributed by atoms with Crippen molar-refractivity contribution in [1.29, 1.82) is 0 Å². The number of ether oxygens (including phenoxy) is 1. The number of halogens is 1. The molecule has 1 amide bonds. The minimum Gasteiger partial charge on any atom is -0.378 e.